The first-order valence-corrected chi connectivity index (χ1v) is 11.0. The quantitative estimate of drug-likeness (QED) is 0.416. The molecule has 0 aliphatic carbocycles. The number of ether oxygens (including phenoxy) is 1. The maximum atomic E-state index is 6.23. The Bertz CT molecular complexity index is 1200. The topological polar surface area (TPSA) is 59.9 Å². The van der Waals surface area contributed by atoms with Gasteiger partial charge in [-0.3, -0.25) is 0 Å². The third kappa shape index (κ3) is 4.59. The molecule has 31 heavy (non-hydrogen) atoms. The number of benzene rings is 3. The van der Waals surface area contributed by atoms with Crippen molar-refractivity contribution < 1.29 is 4.74 Å². The van der Waals surface area contributed by atoms with E-state index in [-0.39, 0.29) is 6.23 Å². The minimum atomic E-state index is -0.383. The number of fused-ring (bicyclic) bond motifs is 3. The highest BCUT2D eigenvalue weighted by atomic mass is 32.2. The van der Waals surface area contributed by atoms with E-state index >= 15 is 0 Å². The van der Waals surface area contributed by atoms with Crippen LogP contribution in [0.3, 0.4) is 0 Å². The van der Waals surface area contributed by atoms with E-state index in [4.69, 9.17) is 4.74 Å². The van der Waals surface area contributed by atoms with Crippen molar-refractivity contribution >= 4 is 23.5 Å². The second kappa shape index (κ2) is 9.02. The maximum Gasteiger partial charge on any atom is 0.247 e. The van der Waals surface area contributed by atoms with Crippen molar-refractivity contribution in [2.75, 3.05) is 5.32 Å². The second-order valence-electron chi connectivity index (χ2n) is 7.02. The number of nitrogens with one attached hydrogen (secondary N) is 1. The van der Waals surface area contributed by atoms with Crippen LogP contribution < -0.4 is 10.1 Å². The molecule has 1 unspecified atom stereocenters. The Balaban J connectivity index is 1.44. The molecule has 1 aliphatic heterocycles. The number of hydrogen-bond acceptors (Lipinski definition) is 6. The molecule has 0 fully saturated rings. The summed E-state index contributed by atoms with van der Waals surface area (Å²) in [7, 11) is 0. The van der Waals surface area contributed by atoms with Gasteiger partial charge < -0.3 is 10.1 Å². The monoisotopic (exact) mass is 424 g/mol. The average molecular weight is 425 g/mol. The Morgan fingerprint density at radius 3 is 2.45 bits per heavy atom. The molecule has 2 heterocycles. The van der Waals surface area contributed by atoms with E-state index in [0.717, 1.165) is 22.6 Å². The van der Waals surface area contributed by atoms with E-state index in [1.807, 2.05) is 72.8 Å². The number of hydrogen-bond donors (Lipinski definition) is 1. The first-order valence-electron chi connectivity index (χ1n) is 10.0. The Labute approximate surface area is 185 Å². The van der Waals surface area contributed by atoms with E-state index in [1.165, 1.54) is 5.56 Å². The van der Waals surface area contributed by atoms with Gasteiger partial charge in [-0.15, -0.1) is 10.2 Å². The molecule has 1 atom stereocenters. The fourth-order valence-corrected chi connectivity index (χ4v) is 4.03. The van der Waals surface area contributed by atoms with Crippen LogP contribution in [0, 0.1) is 0 Å². The smallest absolute Gasteiger partial charge is 0.247 e. The molecule has 152 valence electrons. The zero-order chi connectivity index (χ0) is 20.9. The SMILES string of the molecule is C(=CC1Nc2ccccc2-c2nnc(SCc3ccccc3)nc2O1)c1ccccc1. The van der Waals surface area contributed by atoms with E-state index in [2.05, 4.69) is 44.8 Å². The third-order valence-electron chi connectivity index (χ3n) is 4.83. The summed E-state index contributed by atoms with van der Waals surface area (Å²) in [6.45, 7) is 0. The lowest BCUT2D eigenvalue weighted by Crippen LogP contribution is -2.23. The second-order valence-corrected chi connectivity index (χ2v) is 7.96. The van der Waals surface area contributed by atoms with Gasteiger partial charge in [0.1, 0.15) is 0 Å². The summed E-state index contributed by atoms with van der Waals surface area (Å²) in [5, 5.41) is 12.8. The van der Waals surface area contributed by atoms with Crippen molar-refractivity contribution in [3.63, 3.8) is 0 Å². The van der Waals surface area contributed by atoms with Crippen LogP contribution in [0.1, 0.15) is 11.1 Å². The average Bonchev–Trinajstić information content (AvgIpc) is 2.99. The highest BCUT2D eigenvalue weighted by Gasteiger charge is 2.23. The van der Waals surface area contributed by atoms with Crippen molar-refractivity contribution in [3.05, 3.63) is 102 Å². The molecular formula is C25H20N4OS. The highest BCUT2D eigenvalue weighted by Crippen LogP contribution is 2.36. The summed E-state index contributed by atoms with van der Waals surface area (Å²) in [5.41, 5.74) is 4.81. The molecule has 0 bridgehead atoms. The lowest BCUT2D eigenvalue weighted by Gasteiger charge is -2.15. The number of para-hydroxylation sites is 1. The van der Waals surface area contributed by atoms with Crippen molar-refractivity contribution in [2.24, 2.45) is 0 Å². The number of thioether (sulfide) groups is 1. The molecule has 0 saturated carbocycles. The highest BCUT2D eigenvalue weighted by molar-refractivity contribution is 7.98. The van der Waals surface area contributed by atoms with E-state index < -0.39 is 0 Å². The molecule has 0 amide bonds. The molecule has 1 aliphatic rings. The fraction of sp³-hybridized carbons (Fsp3) is 0.0800. The molecular weight excluding hydrogens is 404 g/mol. The van der Waals surface area contributed by atoms with Crippen LogP contribution in [0.4, 0.5) is 5.69 Å². The van der Waals surface area contributed by atoms with E-state index in [0.29, 0.717) is 16.7 Å². The van der Waals surface area contributed by atoms with Gasteiger partial charge in [-0.1, -0.05) is 96.7 Å². The largest absolute Gasteiger partial charge is 0.448 e. The lowest BCUT2D eigenvalue weighted by molar-refractivity contribution is 0.266. The van der Waals surface area contributed by atoms with Gasteiger partial charge in [-0.25, -0.2) is 0 Å². The van der Waals surface area contributed by atoms with Crippen molar-refractivity contribution in [2.45, 2.75) is 17.1 Å². The van der Waals surface area contributed by atoms with Crippen LogP contribution in [0.5, 0.6) is 5.88 Å². The van der Waals surface area contributed by atoms with Gasteiger partial charge in [0.05, 0.1) is 0 Å². The third-order valence-corrected chi connectivity index (χ3v) is 5.74. The fourth-order valence-electron chi connectivity index (χ4n) is 3.30. The summed E-state index contributed by atoms with van der Waals surface area (Å²) in [6, 6.07) is 28.4. The number of anilines is 1. The van der Waals surface area contributed by atoms with Crippen LogP contribution in [0.2, 0.25) is 0 Å². The van der Waals surface area contributed by atoms with Gasteiger partial charge in [0, 0.05) is 17.0 Å². The zero-order valence-corrected chi connectivity index (χ0v) is 17.5. The number of nitrogens with zero attached hydrogens (tertiary/aromatic N) is 3. The van der Waals surface area contributed by atoms with E-state index in [9.17, 15) is 0 Å². The zero-order valence-electron chi connectivity index (χ0n) is 16.7. The summed E-state index contributed by atoms with van der Waals surface area (Å²) < 4.78 is 6.23. The summed E-state index contributed by atoms with van der Waals surface area (Å²) >= 11 is 1.54. The molecule has 3 aromatic carbocycles. The first kappa shape index (κ1) is 19.3. The van der Waals surface area contributed by atoms with Crippen LogP contribution in [0.15, 0.2) is 96.2 Å². The summed E-state index contributed by atoms with van der Waals surface area (Å²) in [5.74, 6) is 1.25. The van der Waals surface area contributed by atoms with Gasteiger partial charge in [0.25, 0.3) is 0 Å². The van der Waals surface area contributed by atoms with Crippen LogP contribution in [0.25, 0.3) is 17.3 Å². The first-order chi connectivity index (χ1) is 15.3. The molecule has 5 nitrogen and oxygen atoms in total. The molecule has 1 aromatic heterocycles. The Morgan fingerprint density at radius 1 is 0.871 bits per heavy atom. The van der Waals surface area contributed by atoms with Crippen molar-refractivity contribution in [3.8, 4) is 17.1 Å². The number of rotatable bonds is 5. The van der Waals surface area contributed by atoms with Gasteiger partial charge in [-0.2, -0.15) is 4.98 Å². The normalized spacial score (nSPS) is 14.8. The standard InChI is InChI=1S/C25H20N4OS/c1-3-9-18(10-4-1)15-16-22-26-21-14-8-7-13-20(21)23-24(30-22)27-25(29-28-23)31-17-19-11-5-2-6-12-19/h1-16,22,26H,17H2. The lowest BCUT2D eigenvalue weighted by atomic mass is 10.1. The van der Waals surface area contributed by atoms with Gasteiger partial charge in [0.2, 0.25) is 11.0 Å². The Kier molecular flexibility index (Phi) is 5.62. The van der Waals surface area contributed by atoms with Crippen molar-refractivity contribution in [1.82, 2.24) is 15.2 Å². The van der Waals surface area contributed by atoms with Crippen LogP contribution in [-0.2, 0) is 5.75 Å². The van der Waals surface area contributed by atoms with Crippen LogP contribution in [-0.4, -0.2) is 21.4 Å². The molecule has 0 spiro atoms. The van der Waals surface area contributed by atoms with Gasteiger partial charge >= 0.3 is 0 Å². The summed E-state index contributed by atoms with van der Waals surface area (Å²) in [6.07, 6.45) is 3.64. The Hall–Kier alpha value is -3.64. The van der Waals surface area contributed by atoms with Gasteiger partial charge in [0.15, 0.2) is 11.9 Å². The molecule has 6 heteroatoms. The molecule has 1 N–H and O–H groups in total. The predicted molar refractivity (Wildman–Crippen MR) is 125 cm³/mol. The van der Waals surface area contributed by atoms with Crippen molar-refractivity contribution in [1.29, 1.82) is 0 Å². The minimum absolute atomic E-state index is 0.383. The van der Waals surface area contributed by atoms with Crippen LogP contribution >= 0.6 is 11.8 Å². The molecule has 5 rings (SSSR count). The Morgan fingerprint density at radius 2 is 1.61 bits per heavy atom. The maximum absolute atomic E-state index is 6.23. The minimum Gasteiger partial charge on any atom is -0.448 e. The molecule has 0 radical (unpaired) electrons. The molecule has 4 aromatic rings. The van der Waals surface area contributed by atoms with E-state index in [1.54, 1.807) is 11.8 Å². The molecule has 0 saturated heterocycles. The van der Waals surface area contributed by atoms with Gasteiger partial charge in [-0.05, 0) is 23.3 Å². The summed E-state index contributed by atoms with van der Waals surface area (Å²) in [4.78, 5) is 4.69. The number of aromatic nitrogens is 3. The predicted octanol–water partition coefficient (Wildman–Crippen LogP) is 5.67.